The van der Waals surface area contributed by atoms with Crippen LogP contribution in [0, 0.1) is 11.8 Å². The molecule has 1 heterocycles. The lowest BCUT2D eigenvalue weighted by Gasteiger charge is -2.22. The molecule has 1 saturated heterocycles. The molecule has 0 aromatic carbocycles. The maximum absolute atomic E-state index is 11.6. The van der Waals surface area contributed by atoms with Gasteiger partial charge in [-0.2, -0.15) is 0 Å². The number of hydrogen-bond acceptors (Lipinski definition) is 2. The van der Waals surface area contributed by atoms with Crippen LogP contribution in [0.25, 0.3) is 0 Å². The Balaban J connectivity index is 1.49. The van der Waals surface area contributed by atoms with Crippen molar-refractivity contribution in [3.05, 3.63) is 0 Å². The fourth-order valence-electron chi connectivity index (χ4n) is 2.46. The Bertz CT molecular complexity index is 220. The molecule has 3 heteroatoms. The first kappa shape index (κ1) is 11.9. The van der Waals surface area contributed by atoms with E-state index in [2.05, 4.69) is 10.6 Å². The molecule has 1 saturated carbocycles. The predicted octanol–water partition coefficient (Wildman–Crippen LogP) is 1.68. The minimum atomic E-state index is 0.254. The number of amides is 1. The maximum Gasteiger partial charge on any atom is 0.220 e. The Morgan fingerprint density at radius 3 is 2.81 bits per heavy atom. The van der Waals surface area contributed by atoms with Crippen LogP contribution in [0.3, 0.4) is 0 Å². The number of piperidine rings is 1. The van der Waals surface area contributed by atoms with Crippen molar-refractivity contribution in [3.8, 4) is 0 Å². The first-order valence-corrected chi connectivity index (χ1v) is 6.82. The van der Waals surface area contributed by atoms with Gasteiger partial charge in [-0.15, -0.1) is 0 Å². The topological polar surface area (TPSA) is 41.1 Å². The van der Waals surface area contributed by atoms with Gasteiger partial charge < -0.3 is 10.6 Å². The van der Waals surface area contributed by atoms with E-state index in [1.54, 1.807) is 0 Å². The highest BCUT2D eigenvalue weighted by molar-refractivity contribution is 5.76. The number of carbonyl (C=O) groups is 1. The molecule has 92 valence electrons. The molecule has 3 nitrogen and oxygen atoms in total. The average Bonchev–Trinajstić information content (AvgIpc) is 3.10. The van der Waals surface area contributed by atoms with Crippen LogP contribution in [0.4, 0.5) is 0 Å². The largest absolute Gasteiger partial charge is 0.356 e. The van der Waals surface area contributed by atoms with E-state index in [4.69, 9.17) is 0 Å². The van der Waals surface area contributed by atoms with Gasteiger partial charge in [0.05, 0.1) is 0 Å². The van der Waals surface area contributed by atoms with Crippen molar-refractivity contribution >= 4 is 5.91 Å². The molecule has 1 unspecified atom stereocenters. The second-order valence-electron chi connectivity index (χ2n) is 5.35. The van der Waals surface area contributed by atoms with E-state index in [0.29, 0.717) is 5.92 Å². The fraction of sp³-hybridized carbons (Fsp3) is 0.923. The van der Waals surface area contributed by atoms with E-state index in [0.717, 1.165) is 32.0 Å². The van der Waals surface area contributed by atoms with Crippen molar-refractivity contribution in [2.45, 2.75) is 44.9 Å². The number of carbonyl (C=O) groups excluding carboxylic acids is 1. The van der Waals surface area contributed by atoms with Crippen molar-refractivity contribution in [3.63, 3.8) is 0 Å². The predicted molar refractivity (Wildman–Crippen MR) is 65.2 cm³/mol. The van der Waals surface area contributed by atoms with Crippen LogP contribution < -0.4 is 10.6 Å². The fourth-order valence-corrected chi connectivity index (χ4v) is 2.46. The maximum atomic E-state index is 11.6. The van der Waals surface area contributed by atoms with Crippen molar-refractivity contribution in [2.75, 3.05) is 19.6 Å². The molecule has 0 spiro atoms. The van der Waals surface area contributed by atoms with E-state index < -0.39 is 0 Å². The van der Waals surface area contributed by atoms with Crippen molar-refractivity contribution in [1.29, 1.82) is 0 Å². The van der Waals surface area contributed by atoms with Crippen LogP contribution in [0.1, 0.15) is 44.9 Å². The van der Waals surface area contributed by atoms with Crippen LogP contribution in [0.15, 0.2) is 0 Å². The summed E-state index contributed by atoms with van der Waals surface area (Å²) in [6.07, 6.45) is 8.46. The van der Waals surface area contributed by atoms with Crippen LogP contribution in [-0.2, 0) is 4.79 Å². The molecule has 2 rings (SSSR count). The highest BCUT2D eigenvalue weighted by Gasteiger charge is 2.20. The molecule has 1 atom stereocenters. The zero-order valence-electron chi connectivity index (χ0n) is 10.1. The molecule has 2 fully saturated rings. The standard InChI is InChI=1S/C13H24N2O/c16-13(9-12-4-1-7-14-10-12)15-8-2-3-11-5-6-11/h11-12,14H,1-10H2,(H,15,16). The Labute approximate surface area is 98.4 Å². The Kier molecular flexibility index (Phi) is 4.64. The summed E-state index contributed by atoms with van der Waals surface area (Å²) >= 11 is 0. The lowest BCUT2D eigenvalue weighted by molar-refractivity contribution is -0.122. The van der Waals surface area contributed by atoms with E-state index in [9.17, 15) is 4.79 Å². The van der Waals surface area contributed by atoms with E-state index >= 15 is 0 Å². The quantitative estimate of drug-likeness (QED) is 0.674. The lowest BCUT2D eigenvalue weighted by atomic mass is 9.96. The van der Waals surface area contributed by atoms with Gasteiger partial charge in [-0.05, 0) is 50.6 Å². The van der Waals surface area contributed by atoms with Crippen molar-refractivity contribution in [2.24, 2.45) is 11.8 Å². The molecule has 1 aliphatic carbocycles. The van der Waals surface area contributed by atoms with Gasteiger partial charge in [0.25, 0.3) is 0 Å². The van der Waals surface area contributed by atoms with Crippen molar-refractivity contribution < 1.29 is 4.79 Å². The highest BCUT2D eigenvalue weighted by Crippen LogP contribution is 2.33. The van der Waals surface area contributed by atoms with Gasteiger partial charge >= 0.3 is 0 Å². The molecule has 0 radical (unpaired) electrons. The molecule has 0 aromatic heterocycles. The van der Waals surface area contributed by atoms with E-state index in [-0.39, 0.29) is 5.91 Å². The second kappa shape index (κ2) is 6.24. The summed E-state index contributed by atoms with van der Waals surface area (Å²) in [5.41, 5.74) is 0. The first-order valence-electron chi connectivity index (χ1n) is 6.82. The third-order valence-corrected chi connectivity index (χ3v) is 3.68. The van der Waals surface area contributed by atoms with Gasteiger partial charge in [-0.25, -0.2) is 0 Å². The van der Waals surface area contributed by atoms with Crippen LogP contribution in [-0.4, -0.2) is 25.5 Å². The van der Waals surface area contributed by atoms with Gasteiger partial charge in [0.2, 0.25) is 5.91 Å². The summed E-state index contributed by atoms with van der Waals surface area (Å²) < 4.78 is 0. The zero-order valence-corrected chi connectivity index (χ0v) is 10.1. The monoisotopic (exact) mass is 224 g/mol. The summed E-state index contributed by atoms with van der Waals surface area (Å²) in [5, 5.41) is 6.40. The minimum Gasteiger partial charge on any atom is -0.356 e. The normalized spacial score (nSPS) is 25.4. The van der Waals surface area contributed by atoms with Crippen molar-refractivity contribution in [1.82, 2.24) is 10.6 Å². The first-order chi connectivity index (χ1) is 7.84. The zero-order chi connectivity index (χ0) is 11.2. The van der Waals surface area contributed by atoms with Gasteiger partial charge in [-0.1, -0.05) is 12.8 Å². The molecular formula is C13H24N2O. The molecule has 16 heavy (non-hydrogen) atoms. The summed E-state index contributed by atoms with van der Waals surface area (Å²) in [5.74, 6) is 1.81. The van der Waals surface area contributed by atoms with Crippen LogP contribution >= 0.6 is 0 Å². The third-order valence-electron chi connectivity index (χ3n) is 3.68. The molecule has 0 bridgehead atoms. The van der Waals surface area contributed by atoms with Crippen LogP contribution in [0.5, 0.6) is 0 Å². The average molecular weight is 224 g/mol. The SMILES string of the molecule is O=C(CC1CCCNC1)NCCCC1CC1. The smallest absolute Gasteiger partial charge is 0.220 e. The number of rotatable bonds is 6. The summed E-state index contributed by atoms with van der Waals surface area (Å²) in [6.45, 7) is 3.03. The molecule has 0 aromatic rings. The van der Waals surface area contributed by atoms with Gasteiger partial charge in [0, 0.05) is 13.0 Å². The minimum absolute atomic E-state index is 0.254. The molecule has 1 aliphatic heterocycles. The second-order valence-corrected chi connectivity index (χ2v) is 5.35. The summed E-state index contributed by atoms with van der Waals surface area (Å²) in [6, 6.07) is 0. The Hall–Kier alpha value is -0.570. The Morgan fingerprint density at radius 2 is 2.12 bits per heavy atom. The van der Waals surface area contributed by atoms with Gasteiger partial charge in [0.15, 0.2) is 0 Å². The molecular weight excluding hydrogens is 200 g/mol. The highest BCUT2D eigenvalue weighted by atomic mass is 16.1. The lowest BCUT2D eigenvalue weighted by Crippen LogP contribution is -2.34. The summed E-state index contributed by atoms with van der Waals surface area (Å²) in [7, 11) is 0. The van der Waals surface area contributed by atoms with E-state index in [1.807, 2.05) is 0 Å². The summed E-state index contributed by atoms with van der Waals surface area (Å²) in [4.78, 5) is 11.6. The Morgan fingerprint density at radius 1 is 1.25 bits per heavy atom. The third kappa shape index (κ3) is 4.52. The van der Waals surface area contributed by atoms with Gasteiger partial charge in [-0.3, -0.25) is 4.79 Å². The van der Waals surface area contributed by atoms with Gasteiger partial charge in [0.1, 0.15) is 0 Å². The molecule has 1 amide bonds. The van der Waals surface area contributed by atoms with Crippen LogP contribution in [0.2, 0.25) is 0 Å². The molecule has 2 aliphatic rings. The molecule has 2 N–H and O–H groups in total. The van der Waals surface area contributed by atoms with E-state index in [1.165, 1.54) is 38.5 Å². The number of hydrogen-bond donors (Lipinski definition) is 2. The number of nitrogens with one attached hydrogen (secondary N) is 2.